The second kappa shape index (κ2) is 8.48. The highest BCUT2D eigenvalue weighted by molar-refractivity contribution is 7.98. The van der Waals surface area contributed by atoms with E-state index in [0.717, 1.165) is 23.4 Å². The summed E-state index contributed by atoms with van der Waals surface area (Å²) in [4.78, 5) is 13.8. The highest BCUT2D eigenvalue weighted by atomic mass is 32.2. The fraction of sp³-hybridized carbons (Fsp3) is 0.278. The van der Waals surface area contributed by atoms with Gasteiger partial charge >= 0.3 is 6.03 Å². The van der Waals surface area contributed by atoms with Crippen LogP contribution in [0.3, 0.4) is 0 Å². The van der Waals surface area contributed by atoms with Crippen LogP contribution in [0, 0.1) is 0 Å². The van der Waals surface area contributed by atoms with Gasteiger partial charge in [-0.3, -0.25) is 0 Å². The summed E-state index contributed by atoms with van der Waals surface area (Å²) in [6.07, 6.45) is 3.12. The zero-order valence-electron chi connectivity index (χ0n) is 13.5. The van der Waals surface area contributed by atoms with Crippen LogP contribution in [0.2, 0.25) is 0 Å². The van der Waals surface area contributed by atoms with Crippen LogP contribution in [0.4, 0.5) is 10.5 Å². The van der Waals surface area contributed by atoms with E-state index < -0.39 is 0 Å². The molecule has 0 bridgehead atoms. The van der Waals surface area contributed by atoms with Crippen LogP contribution in [-0.2, 0) is 13.0 Å². The summed E-state index contributed by atoms with van der Waals surface area (Å²) >= 11 is 1.82. The highest BCUT2D eigenvalue weighted by Gasteiger charge is 2.11. The molecule has 0 atom stereocenters. The van der Waals surface area contributed by atoms with E-state index in [4.69, 9.17) is 0 Å². The maximum atomic E-state index is 12.2. The van der Waals surface area contributed by atoms with Gasteiger partial charge in [-0.1, -0.05) is 30.3 Å². The number of rotatable bonds is 6. The lowest BCUT2D eigenvalue weighted by Gasteiger charge is -2.18. The molecule has 0 aliphatic rings. The van der Waals surface area contributed by atoms with Crippen LogP contribution in [0.5, 0.6) is 5.75 Å². The van der Waals surface area contributed by atoms with Gasteiger partial charge in [0.1, 0.15) is 5.75 Å². The molecule has 0 fully saturated rings. The van der Waals surface area contributed by atoms with Gasteiger partial charge in [0.15, 0.2) is 0 Å². The van der Waals surface area contributed by atoms with Crippen molar-refractivity contribution in [1.82, 2.24) is 4.90 Å². The Kier molecular flexibility index (Phi) is 6.35. The Morgan fingerprint density at radius 1 is 1.17 bits per heavy atom. The zero-order chi connectivity index (χ0) is 16.7. The summed E-state index contributed by atoms with van der Waals surface area (Å²) in [5, 5.41) is 12.6. The maximum absolute atomic E-state index is 12.2. The van der Waals surface area contributed by atoms with E-state index in [2.05, 4.69) is 11.6 Å². The quantitative estimate of drug-likeness (QED) is 0.843. The second-order valence-corrected chi connectivity index (χ2v) is 6.34. The predicted molar refractivity (Wildman–Crippen MR) is 97.1 cm³/mol. The Labute approximate surface area is 141 Å². The molecule has 4 nitrogen and oxygen atoms in total. The number of benzene rings is 2. The summed E-state index contributed by atoms with van der Waals surface area (Å²) in [6.45, 7) is 0.352. The van der Waals surface area contributed by atoms with E-state index in [-0.39, 0.29) is 11.8 Å². The number of para-hydroxylation sites is 1. The lowest BCUT2D eigenvalue weighted by atomic mass is 10.1. The number of nitrogens with zero attached hydrogens (tertiary/aromatic N) is 1. The van der Waals surface area contributed by atoms with Crippen LogP contribution in [0.25, 0.3) is 0 Å². The van der Waals surface area contributed by atoms with E-state index in [1.165, 1.54) is 10.5 Å². The second-order valence-electron chi connectivity index (χ2n) is 5.35. The smallest absolute Gasteiger partial charge is 0.321 e. The number of aryl methyl sites for hydroxylation is 1. The summed E-state index contributed by atoms with van der Waals surface area (Å²) in [6, 6.07) is 14.7. The summed E-state index contributed by atoms with van der Waals surface area (Å²) < 4.78 is 0. The molecule has 23 heavy (non-hydrogen) atoms. The van der Waals surface area contributed by atoms with Gasteiger partial charge in [-0.05, 0) is 42.2 Å². The molecule has 0 saturated carbocycles. The fourth-order valence-electron chi connectivity index (χ4n) is 2.17. The van der Waals surface area contributed by atoms with Crippen molar-refractivity contribution in [3.63, 3.8) is 0 Å². The standard InChI is InChI=1S/C18H22N2O2S/c1-20(13-15-5-3-4-6-17(15)21)18(22)19-16-9-7-14(8-10-16)11-12-23-2/h3-10,21H,11-13H2,1-2H3,(H,19,22). The van der Waals surface area contributed by atoms with E-state index in [1.807, 2.05) is 42.1 Å². The van der Waals surface area contributed by atoms with Gasteiger partial charge in [-0.2, -0.15) is 11.8 Å². The average Bonchev–Trinajstić information content (AvgIpc) is 2.56. The van der Waals surface area contributed by atoms with Crippen LogP contribution in [0.15, 0.2) is 48.5 Å². The number of hydrogen-bond donors (Lipinski definition) is 2. The van der Waals surface area contributed by atoms with Crippen LogP contribution >= 0.6 is 11.8 Å². The minimum atomic E-state index is -0.204. The highest BCUT2D eigenvalue weighted by Crippen LogP contribution is 2.18. The van der Waals surface area contributed by atoms with Crippen molar-refractivity contribution in [2.45, 2.75) is 13.0 Å². The molecule has 2 N–H and O–H groups in total. The number of phenols is 1. The average molecular weight is 330 g/mol. The van der Waals surface area contributed by atoms with E-state index in [9.17, 15) is 9.90 Å². The minimum Gasteiger partial charge on any atom is -0.508 e. The third-order valence-electron chi connectivity index (χ3n) is 3.55. The maximum Gasteiger partial charge on any atom is 0.321 e. The molecule has 122 valence electrons. The van der Waals surface area contributed by atoms with E-state index in [0.29, 0.717) is 6.54 Å². The molecule has 5 heteroatoms. The van der Waals surface area contributed by atoms with Gasteiger partial charge in [-0.25, -0.2) is 4.79 Å². The van der Waals surface area contributed by atoms with Crippen molar-refractivity contribution in [1.29, 1.82) is 0 Å². The first-order valence-electron chi connectivity index (χ1n) is 7.47. The van der Waals surface area contributed by atoms with Gasteiger partial charge in [0.05, 0.1) is 6.54 Å². The summed E-state index contributed by atoms with van der Waals surface area (Å²) in [5.74, 6) is 1.29. The van der Waals surface area contributed by atoms with Crippen molar-refractivity contribution < 1.29 is 9.90 Å². The number of carbonyl (C=O) groups excluding carboxylic acids is 1. The molecule has 2 amide bonds. The number of amides is 2. The molecule has 0 saturated heterocycles. The minimum absolute atomic E-state index is 0.199. The normalized spacial score (nSPS) is 10.3. The SMILES string of the molecule is CSCCc1ccc(NC(=O)N(C)Cc2ccccc2O)cc1. The van der Waals surface area contributed by atoms with E-state index in [1.54, 1.807) is 25.2 Å². The number of nitrogens with one attached hydrogen (secondary N) is 1. The van der Waals surface area contributed by atoms with Gasteiger partial charge in [0.2, 0.25) is 0 Å². The number of urea groups is 1. The molecule has 0 radical (unpaired) electrons. The number of aromatic hydroxyl groups is 1. The number of anilines is 1. The number of phenolic OH excluding ortho intramolecular Hbond substituents is 1. The van der Waals surface area contributed by atoms with Gasteiger partial charge in [0, 0.05) is 18.3 Å². The molecule has 0 unspecified atom stereocenters. The monoisotopic (exact) mass is 330 g/mol. The first kappa shape index (κ1) is 17.2. The molecule has 2 aromatic rings. The summed E-state index contributed by atoms with van der Waals surface area (Å²) in [5.41, 5.74) is 2.75. The van der Waals surface area contributed by atoms with Crippen molar-refractivity contribution in [3.05, 3.63) is 59.7 Å². The Balaban J connectivity index is 1.91. The molecule has 0 aliphatic carbocycles. The van der Waals surface area contributed by atoms with E-state index >= 15 is 0 Å². The van der Waals surface area contributed by atoms with Gasteiger partial charge in [-0.15, -0.1) is 0 Å². The van der Waals surface area contributed by atoms with Gasteiger partial charge in [0.25, 0.3) is 0 Å². The number of hydrogen-bond acceptors (Lipinski definition) is 3. The Bertz CT molecular complexity index is 644. The van der Waals surface area contributed by atoms with Crippen molar-refractivity contribution in [2.24, 2.45) is 0 Å². The number of carbonyl (C=O) groups is 1. The zero-order valence-corrected chi connectivity index (χ0v) is 14.3. The number of thioether (sulfide) groups is 1. The van der Waals surface area contributed by atoms with Crippen molar-refractivity contribution >= 4 is 23.5 Å². The predicted octanol–water partition coefficient (Wildman–Crippen LogP) is 3.96. The van der Waals surface area contributed by atoms with Crippen LogP contribution in [0.1, 0.15) is 11.1 Å². The molecule has 0 aliphatic heterocycles. The summed E-state index contributed by atoms with van der Waals surface area (Å²) in [7, 11) is 1.70. The lowest BCUT2D eigenvalue weighted by Crippen LogP contribution is -2.30. The molecular formula is C18H22N2O2S. The molecule has 0 spiro atoms. The third-order valence-corrected chi connectivity index (χ3v) is 4.16. The van der Waals surface area contributed by atoms with Crippen molar-refractivity contribution in [3.8, 4) is 5.75 Å². The Morgan fingerprint density at radius 3 is 2.52 bits per heavy atom. The Hall–Kier alpha value is -2.14. The van der Waals surface area contributed by atoms with Crippen LogP contribution in [-0.4, -0.2) is 35.1 Å². The molecule has 2 rings (SSSR count). The first-order valence-corrected chi connectivity index (χ1v) is 8.86. The largest absolute Gasteiger partial charge is 0.508 e. The van der Waals surface area contributed by atoms with Gasteiger partial charge < -0.3 is 15.3 Å². The first-order chi connectivity index (χ1) is 11.1. The molecule has 0 heterocycles. The topological polar surface area (TPSA) is 52.6 Å². The molecule has 0 aromatic heterocycles. The molecular weight excluding hydrogens is 308 g/mol. The van der Waals surface area contributed by atoms with Crippen molar-refractivity contribution in [2.75, 3.05) is 24.4 Å². The fourth-order valence-corrected chi connectivity index (χ4v) is 2.61. The third kappa shape index (κ3) is 5.21. The Morgan fingerprint density at radius 2 is 1.87 bits per heavy atom. The van der Waals surface area contributed by atoms with Crippen LogP contribution < -0.4 is 5.32 Å². The lowest BCUT2D eigenvalue weighted by molar-refractivity contribution is 0.220. The molecule has 2 aromatic carbocycles.